The minimum absolute atomic E-state index is 0.0322. The molecule has 0 fully saturated rings. The Balaban J connectivity index is 2.11. The van der Waals surface area contributed by atoms with E-state index in [0.29, 0.717) is 11.4 Å². The van der Waals surface area contributed by atoms with Gasteiger partial charge in [0, 0.05) is 11.8 Å². The number of para-hydroxylation sites is 2. The van der Waals surface area contributed by atoms with Crippen LogP contribution in [-0.4, -0.2) is 22.9 Å². The lowest BCUT2D eigenvalue weighted by molar-refractivity contribution is 0.0593. The first-order valence-electron chi connectivity index (χ1n) is 7.29. The van der Waals surface area contributed by atoms with E-state index >= 15 is 0 Å². The second-order valence-corrected chi connectivity index (χ2v) is 4.97. The number of anilines is 2. The molecule has 0 spiro atoms. The number of nitrogens with zero attached hydrogens (tertiary/aromatic N) is 2. The minimum atomic E-state index is -0.627. The largest absolute Gasteiger partial charge is 0.464 e. The molecule has 0 aliphatic carbocycles. The van der Waals surface area contributed by atoms with Crippen LogP contribution < -0.4 is 10.9 Å². The molecule has 0 aliphatic rings. The number of carbonyl (C=O) groups is 1. The Morgan fingerprint density at radius 3 is 2.29 bits per heavy atom. The molecule has 0 saturated heterocycles. The molecule has 3 rings (SSSR count). The first kappa shape index (κ1) is 15.5. The van der Waals surface area contributed by atoms with Gasteiger partial charge in [-0.05, 0) is 24.3 Å². The highest BCUT2D eigenvalue weighted by atomic mass is 16.5. The Labute approximate surface area is 138 Å². The van der Waals surface area contributed by atoms with Crippen molar-refractivity contribution in [3.63, 3.8) is 0 Å². The molecule has 120 valence electrons. The number of carbonyl (C=O) groups excluding carboxylic acids is 1. The van der Waals surface area contributed by atoms with Gasteiger partial charge in [0.15, 0.2) is 5.69 Å². The van der Waals surface area contributed by atoms with Crippen molar-refractivity contribution in [2.75, 3.05) is 12.4 Å². The monoisotopic (exact) mass is 321 g/mol. The van der Waals surface area contributed by atoms with Gasteiger partial charge in [-0.25, -0.2) is 4.79 Å². The van der Waals surface area contributed by atoms with E-state index in [0.717, 1.165) is 5.69 Å². The van der Waals surface area contributed by atoms with Crippen LogP contribution in [0.2, 0.25) is 0 Å². The maximum absolute atomic E-state index is 12.4. The lowest BCUT2D eigenvalue weighted by Crippen LogP contribution is -2.25. The van der Waals surface area contributed by atoms with Crippen molar-refractivity contribution < 1.29 is 9.53 Å². The van der Waals surface area contributed by atoms with E-state index in [4.69, 9.17) is 4.74 Å². The fourth-order valence-electron chi connectivity index (χ4n) is 2.23. The van der Waals surface area contributed by atoms with Crippen molar-refractivity contribution >= 4 is 17.3 Å². The van der Waals surface area contributed by atoms with E-state index < -0.39 is 5.97 Å². The van der Waals surface area contributed by atoms with Crippen LogP contribution in [0.3, 0.4) is 0 Å². The maximum Gasteiger partial charge on any atom is 0.360 e. The van der Waals surface area contributed by atoms with Crippen LogP contribution in [0.4, 0.5) is 11.4 Å². The molecule has 0 atom stereocenters. The SMILES string of the molecule is COC(=O)c1nn(-c2ccccc2)c(=O)cc1Nc1ccccc1. The predicted octanol–water partition coefficient (Wildman–Crippen LogP) is 2.76. The first-order chi connectivity index (χ1) is 11.7. The van der Waals surface area contributed by atoms with E-state index in [1.54, 1.807) is 24.3 Å². The molecule has 1 aromatic heterocycles. The number of rotatable bonds is 4. The summed E-state index contributed by atoms with van der Waals surface area (Å²) in [6, 6.07) is 19.4. The molecule has 0 saturated carbocycles. The van der Waals surface area contributed by atoms with E-state index in [1.165, 1.54) is 17.9 Å². The zero-order valence-electron chi connectivity index (χ0n) is 13.0. The van der Waals surface area contributed by atoms with Crippen LogP contribution in [0.25, 0.3) is 5.69 Å². The molecular formula is C18H15N3O3. The van der Waals surface area contributed by atoms with Gasteiger partial charge in [-0.2, -0.15) is 9.78 Å². The third-order valence-electron chi connectivity index (χ3n) is 3.36. The Kier molecular flexibility index (Phi) is 4.38. The van der Waals surface area contributed by atoms with Crippen molar-refractivity contribution in [3.8, 4) is 5.69 Å². The van der Waals surface area contributed by atoms with Gasteiger partial charge in [0.25, 0.3) is 5.56 Å². The molecule has 0 amide bonds. The van der Waals surface area contributed by atoms with Gasteiger partial charge < -0.3 is 10.1 Å². The Hall–Kier alpha value is -3.41. The zero-order valence-corrected chi connectivity index (χ0v) is 13.0. The summed E-state index contributed by atoms with van der Waals surface area (Å²) < 4.78 is 5.96. The highest BCUT2D eigenvalue weighted by Crippen LogP contribution is 2.19. The highest BCUT2D eigenvalue weighted by Gasteiger charge is 2.18. The normalized spacial score (nSPS) is 10.2. The van der Waals surface area contributed by atoms with Gasteiger partial charge in [0.2, 0.25) is 0 Å². The summed E-state index contributed by atoms with van der Waals surface area (Å²) in [5.74, 6) is -0.627. The van der Waals surface area contributed by atoms with E-state index in [2.05, 4.69) is 10.4 Å². The molecule has 24 heavy (non-hydrogen) atoms. The quantitative estimate of drug-likeness (QED) is 0.748. The van der Waals surface area contributed by atoms with Crippen molar-refractivity contribution in [1.29, 1.82) is 0 Å². The van der Waals surface area contributed by atoms with Crippen LogP contribution in [0, 0.1) is 0 Å². The summed E-state index contributed by atoms with van der Waals surface area (Å²) in [6.07, 6.45) is 0. The molecule has 6 heteroatoms. The van der Waals surface area contributed by atoms with Gasteiger partial charge in [0.1, 0.15) is 0 Å². The van der Waals surface area contributed by atoms with Crippen molar-refractivity contribution in [2.45, 2.75) is 0 Å². The van der Waals surface area contributed by atoms with Gasteiger partial charge in [0.05, 0.1) is 18.5 Å². The number of hydrogen-bond acceptors (Lipinski definition) is 5. The molecular weight excluding hydrogens is 306 g/mol. The maximum atomic E-state index is 12.4. The van der Waals surface area contributed by atoms with Crippen LogP contribution >= 0.6 is 0 Å². The Morgan fingerprint density at radius 2 is 1.67 bits per heavy atom. The highest BCUT2D eigenvalue weighted by molar-refractivity contribution is 5.94. The summed E-state index contributed by atoms with van der Waals surface area (Å²) in [5, 5.41) is 7.21. The van der Waals surface area contributed by atoms with E-state index in [1.807, 2.05) is 36.4 Å². The number of hydrogen-bond donors (Lipinski definition) is 1. The topological polar surface area (TPSA) is 73.2 Å². The molecule has 1 heterocycles. The third kappa shape index (κ3) is 3.17. The van der Waals surface area contributed by atoms with Crippen molar-refractivity contribution in [3.05, 3.63) is 82.8 Å². The van der Waals surface area contributed by atoms with Crippen LogP contribution in [0.5, 0.6) is 0 Å². The molecule has 0 aliphatic heterocycles. The molecule has 1 N–H and O–H groups in total. The zero-order chi connectivity index (χ0) is 16.9. The predicted molar refractivity (Wildman–Crippen MR) is 90.9 cm³/mol. The van der Waals surface area contributed by atoms with Gasteiger partial charge in [-0.1, -0.05) is 36.4 Å². The third-order valence-corrected chi connectivity index (χ3v) is 3.36. The lowest BCUT2D eigenvalue weighted by Gasteiger charge is -2.12. The fourth-order valence-corrected chi connectivity index (χ4v) is 2.23. The van der Waals surface area contributed by atoms with E-state index in [-0.39, 0.29) is 11.3 Å². The summed E-state index contributed by atoms with van der Waals surface area (Å²) >= 11 is 0. The number of esters is 1. The summed E-state index contributed by atoms with van der Waals surface area (Å²) in [7, 11) is 1.27. The Morgan fingerprint density at radius 1 is 1.04 bits per heavy atom. The smallest absolute Gasteiger partial charge is 0.360 e. The summed E-state index contributed by atoms with van der Waals surface area (Å²) in [5.41, 5.74) is 1.28. The van der Waals surface area contributed by atoms with Crippen molar-refractivity contribution in [1.82, 2.24) is 9.78 Å². The van der Waals surface area contributed by atoms with Crippen molar-refractivity contribution in [2.24, 2.45) is 0 Å². The second-order valence-electron chi connectivity index (χ2n) is 4.97. The number of ether oxygens (including phenoxy) is 1. The number of aromatic nitrogens is 2. The molecule has 0 unspecified atom stereocenters. The number of nitrogens with one attached hydrogen (secondary N) is 1. The molecule has 0 bridgehead atoms. The second kappa shape index (κ2) is 6.78. The van der Waals surface area contributed by atoms with Gasteiger partial charge in [-0.3, -0.25) is 4.79 Å². The lowest BCUT2D eigenvalue weighted by atomic mass is 10.2. The molecule has 2 aromatic carbocycles. The minimum Gasteiger partial charge on any atom is -0.464 e. The van der Waals surface area contributed by atoms with Gasteiger partial charge in [-0.15, -0.1) is 0 Å². The Bertz CT molecular complexity index is 906. The summed E-state index contributed by atoms with van der Waals surface area (Å²) in [6.45, 7) is 0. The standard InChI is InChI=1S/C18H15N3O3/c1-24-18(23)17-15(19-13-8-4-2-5-9-13)12-16(22)21(20-17)14-10-6-3-7-11-14/h2-12,19H,1H3. The number of benzene rings is 2. The average Bonchev–Trinajstić information content (AvgIpc) is 2.63. The summed E-state index contributed by atoms with van der Waals surface area (Å²) in [4.78, 5) is 24.5. The molecule has 6 nitrogen and oxygen atoms in total. The number of methoxy groups -OCH3 is 1. The fraction of sp³-hybridized carbons (Fsp3) is 0.0556. The van der Waals surface area contributed by atoms with Crippen LogP contribution in [0.1, 0.15) is 10.5 Å². The van der Waals surface area contributed by atoms with Gasteiger partial charge >= 0.3 is 5.97 Å². The van der Waals surface area contributed by atoms with Crippen LogP contribution in [-0.2, 0) is 4.74 Å². The molecule has 0 radical (unpaired) electrons. The average molecular weight is 321 g/mol. The first-order valence-corrected chi connectivity index (χ1v) is 7.29. The van der Waals surface area contributed by atoms with Crippen LogP contribution in [0.15, 0.2) is 71.5 Å². The molecule has 3 aromatic rings. The van der Waals surface area contributed by atoms with E-state index in [9.17, 15) is 9.59 Å².